The van der Waals surface area contributed by atoms with E-state index in [1.54, 1.807) is 30.7 Å². The molecule has 0 radical (unpaired) electrons. The molecule has 3 aromatic heterocycles. The van der Waals surface area contributed by atoms with Crippen molar-refractivity contribution in [2.24, 2.45) is 0 Å². The van der Waals surface area contributed by atoms with Crippen LogP contribution in [0.1, 0.15) is 12.5 Å². The SMILES string of the molecule is CCS(=O)(=O)N1CCN(c2cncc(-c3nnc(-c4sccc4C)o3)n2)CC1. The number of aromatic nitrogens is 4. The number of aryl methyl sites for hydroxylation is 1. The van der Waals surface area contributed by atoms with E-state index in [-0.39, 0.29) is 5.75 Å². The standard InChI is InChI=1S/C17H20N6O3S2/c1-3-28(24,25)23-7-5-22(6-8-23)14-11-18-10-13(19-14)16-20-21-17(26-16)15-12(2)4-9-27-15/h4,9-11H,3,5-8H2,1-2H3. The normalized spacial score (nSPS) is 15.9. The minimum Gasteiger partial charge on any atom is -0.414 e. The molecular weight excluding hydrogens is 400 g/mol. The van der Waals surface area contributed by atoms with Gasteiger partial charge in [0.05, 0.1) is 23.0 Å². The van der Waals surface area contributed by atoms with Gasteiger partial charge in [0.1, 0.15) is 11.5 Å². The zero-order valence-corrected chi connectivity index (χ0v) is 17.2. The zero-order valence-electron chi connectivity index (χ0n) is 15.6. The summed E-state index contributed by atoms with van der Waals surface area (Å²) >= 11 is 1.55. The third kappa shape index (κ3) is 3.64. The van der Waals surface area contributed by atoms with Crippen molar-refractivity contribution in [2.45, 2.75) is 13.8 Å². The van der Waals surface area contributed by atoms with Crippen LogP contribution in [0.2, 0.25) is 0 Å². The van der Waals surface area contributed by atoms with Crippen LogP contribution < -0.4 is 4.90 Å². The molecule has 1 saturated heterocycles. The second-order valence-electron chi connectivity index (χ2n) is 6.39. The number of thiophene rings is 1. The number of rotatable bonds is 5. The maximum absolute atomic E-state index is 12.0. The Labute approximate surface area is 167 Å². The fraction of sp³-hybridized carbons (Fsp3) is 0.412. The highest BCUT2D eigenvalue weighted by molar-refractivity contribution is 7.89. The highest BCUT2D eigenvalue weighted by atomic mass is 32.2. The van der Waals surface area contributed by atoms with Gasteiger partial charge in [0, 0.05) is 26.2 Å². The predicted molar refractivity (Wildman–Crippen MR) is 107 cm³/mol. The van der Waals surface area contributed by atoms with Gasteiger partial charge in [-0.05, 0) is 30.9 Å². The molecule has 0 bridgehead atoms. The third-order valence-electron chi connectivity index (χ3n) is 4.64. The summed E-state index contributed by atoms with van der Waals surface area (Å²) in [5.41, 5.74) is 1.58. The smallest absolute Gasteiger partial charge is 0.268 e. The van der Waals surface area contributed by atoms with Crippen molar-refractivity contribution >= 4 is 27.2 Å². The van der Waals surface area contributed by atoms with Gasteiger partial charge in [-0.25, -0.2) is 13.4 Å². The molecule has 1 aliphatic rings. The number of hydrogen-bond donors (Lipinski definition) is 0. The van der Waals surface area contributed by atoms with Gasteiger partial charge >= 0.3 is 0 Å². The van der Waals surface area contributed by atoms with Gasteiger partial charge in [0.25, 0.3) is 11.8 Å². The van der Waals surface area contributed by atoms with Gasteiger partial charge < -0.3 is 9.32 Å². The lowest BCUT2D eigenvalue weighted by molar-refractivity contribution is 0.384. The van der Waals surface area contributed by atoms with Crippen LogP contribution in [0.4, 0.5) is 5.82 Å². The Morgan fingerprint density at radius 3 is 2.57 bits per heavy atom. The number of hydrogen-bond acceptors (Lipinski definition) is 9. The molecule has 1 aliphatic heterocycles. The van der Waals surface area contributed by atoms with Crippen molar-refractivity contribution < 1.29 is 12.8 Å². The van der Waals surface area contributed by atoms with Crippen molar-refractivity contribution in [2.75, 3.05) is 36.8 Å². The van der Waals surface area contributed by atoms with Gasteiger partial charge in [-0.15, -0.1) is 21.5 Å². The van der Waals surface area contributed by atoms with Crippen molar-refractivity contribution in [3.05, 3.63) is 29.4 Å². The van der Waals surface area contributed by atoms with E-state index in [0.717, 1.165) is 10.4 Å². The second kappa shape index (κ2) is 7.57. The summed E-state index contributed by atoms with van der Waals surface area (Å²) in [6.07, 6.45) is 3.24. The molecule has 0 aromatic carbocycles. The van der Waals surface area contributed by atoms with Gasteiger partial charge in [-0.1, -0.05) is 0 Å². The van der Waals surface area contributed by atoms with Crippen LogP contribution in [-0.2, 0) is 10.0 Å². The highest BCUT2D eigenvalue weighted by Crippen LogP contribution is 2.30. The van der Waals surface area contributed by atoms with Crippen LogP contribution in [0.25, 0.3) is 22.4 Å². The van der Waals surface area contributed by atoms with Crippen LogP contribution in [0.15, 0.2) is 28.3 Å². The molecule has 0 N–H and O–H groups in total. The molecule has 3 aromatic rings. The molecule has 0 unspecified atom stereocenters. The summed E-state index contributed by atoms with van der Waals surface area (Å²) in [6, 6.07) is 2.00. The second-order valence-corrected chi connectivity index (χ2v) is 9.57. The van der Waals surface area contributed by atoms with Crippen LogP contribution in [0.5, 0.6) is 0 Å². The van der Waals surface area contributed by atoms with E-state index >= 15 is 0 Å². The van der Waals surface area contributed by atoms with E-state index in [2.05, 4.69) is 20.2 Å². The molecule has 28 heavy (non-hydrogen) atoms. The Bertz CT molecular complexity index is 1070. The first-order valence-corrected chi connectivity index (χ1v) is 11.4. The summed E-state index contributed by atoms with van der Waals surface area (Å²) in [6.45, 7) is 5.64. The molecule has 0 aliphatic carbocycles. The van der Waals surface area contributed by atoms with E-state index in [9.17, 15) is 8.42 Å². The van der Waals surface area contributed by atoms with Crippen LogP contribution >= 0.6 is 11.3 Å². The summed E-state index contributed by atoms with van der Waals surface area (Å²) in [5, 5.41) is 10.2. The lowest BCUT2D eigenvalue weighted by atomic mass is 10.3. The first-order chi connectivity index (χ1) is 13.5. The Hall–Kier alpha value is -2.37. The lowest BCUT2D eigenvalue weighted by Gasteiger charge is -2.34. The predicted octanol–water partition coefficient (Wildman–Crippen LogP) is 2.04. The fourth-order valence-corrected chi connectivity index (χ4v) is 4.93. The summed E-state index contributed by atoms with van der Waals surface area (Å²) < 4.78 is 31.3. The van der Waals surface area contributed by atoms with Crippen LogP contribution in [0.3, 0.4) is 0 Å². The van der Waals surface area contributed by atoms with Gasteiger partial charge in [0.2, 0.25) is 10.0 Å². The summed E-state index contributed by atoms with van der Waals surface area (Å²) in [4.78, 5) is 11.8. The van der Waals surface area contributed by atoms with Crippen molar-refractivity contribution in [3.8, 4) is 22.4 Å². The molecule has 0 saturated carbocycles. The molecule has 4 heterocycles. The molecule has 148 valence electrons. The first-order valence-electron chi connectivity index (χ1n) is 8.91. The summed E-state index contributed by atoms with van der Waals surface area (Å²) in [7, 11) is -3.16. The minimum atomic E-state index is -3.16. The van der Waals surface area contributed by atoms with Crippen molar-refractivity contribution in [3.63, 3.8) is 0 Å². The average Bonchev–Trinajstić information content (AvgIpc) is 3.37. The van der Waals surface area contributed by atoms with E-state index in [1.165, 1.54) is 4.31 Å². The van der Waals surface area contributed by atoms with E-state index in [1.807, 2.05) is 23.3 Å². The molecule has 0 spiro atoms. The molecule has 9 nitrogen and oxygen atoms in total. The maximum Gasteiger partial charge on any atom is 0.268 e. The Kier molecular flexibility index (Phi) is 5.13. The molecule has 4 rings (SSSR count). The molecule has 1 fully saturated rings. The fourth-order valence-electron chi connectivity index (χ4n) is 3.00. The first kappa shape index (κ1) is 19.0. The number of piperazine rings is 1. The van der Waals surface area contributed by atoms with Crippen LogP contribution in [-0.4, -0.2) is 64.8 Å². The highest BCUT2D eigenvalue weighted by Gasteiger charge is 2.26. The molecule has 0 amide bonds. The number of anilines is 1. The Morgan fingerprint density at radius 2 is 1.89 bits per heavy atom. The van der Waals surface area contributed by atoms with E-state index in [0.29, 0.717) is 49.5 Å². The molecular formula is C17H20N6O3S2. The zero-order chi connectivity index (χ0) is 19.7. The van der Waals surface area contributed by atoms with E-state index in [4.69, 9.17) is 4.42 Å². The largest absolute Gasteiger partial charge is 0.414 e. The number of sulfonamides is 1. The minimum absolute atomic E-state index is 0.117. The lowest BCUT2D eigenvalue weighted by Crippen LogP contribution is -2.49. The van der Waals surface area contributed by atoms with Gasteiger partial charge in [0.15, 0.2) is 0 Å². The Morgan fingerprint density at radius 1 is 1.14 bits per heavy atom. The topological polar surface area (TPSA) is 105 Å². The maximum atomic E-state index is 12.0. The monoisotopic (exact) mass is 420 g/mol. The van der Waals surface area contributed by atoms with E-state index < -0.39 is 10.0 Å². The van der Waals surface area contributed by atoms with Gasteiger partial charge in [-0.2, -0.15) is 4.31 Å². The van der Waals surface area contributed by atoms with Gasteiger partial charge in [-0.3, -0.25) is 4.98 Å². The third-order valence-corrected chi connectivity index (χ3v) is 7.53. The average molecular weight is 421 g/mol. The molecule has 11 heteroatoms. The van der Waals surface area contributed by atoms with Crippen molar-refractivity contribution in [1.29, 1.82) is 0 Å². The quantitative estimate of drug-likeness (QED) is 0.617. The number of nitrogens with zero attached hydrogens (tertiary/aromatic N) is 6. The Balaban J connectivity index is 1.52. The molecule has 0 atom stereocenters. The summed E-state index contributed by atoms with van der Waals surface area (Å²) in [5.74, 6) is 1.56. The van der Waals surface area contributed by atoms with Crippen LogP contribution in [0, 0.1) is 6.92 Å². The van der Waals surface area contributed by atoms with Crippen molar-refractivity contribution in [1.82, 2.24) is 24.5 Å².